The first-order valence-corrected chi connectivity index (χ1v) is 5.43. The predicted molar refractivity (Wildman–Crippen MR) is 76.8 cm³/mol. The monoisotopic (exact) mass is 274 g/mol. The molecule has 96 valence electrons. The van der Waals surface area contributed by atoms with E-state index in [1.807, 2.05) is 0 Å². The minimum absolute atomic E-state index is 0. The molecule has 0 aliphatic carbocycles. The van der Waals surface area contributed by atoms with Crippen LogP contribution in [0.15, 0.2) is 53.8 Å². The van der Waals surface area contributed by atoms with Crippen LogP contribution >= 0.6 is 12.4 Å². The zero-order valence-electron chi connectivity index (χ0n) is 9.85. The van der Waals surface area contributed by atoms with E-state index in [4.69, 9.17) is 5.73 Å². The lowest BCUT2D eigenvalue weighted by atomic mass is 10.2. The minimum atomic E-state index is -0.189. The fourth-order valence-electron chi connectivity index (χ4n) is 1.87. The number of benzene rings is 1. The Balaban J connectivity index is 0.00000133. The Labute approximate surface area is 115 Å². The number of aromatic nitrogens is 3. The van der Waals surface area contributed by atoms with Gasteiger partial charge in [-0.2, -0.15) is 0 Å². The number of fused-ring (bicyclic) bond motifs is 1. The predicted octanol–water partition coefficient (Wildman–Crippen LogP) is 1.78. The van der Waals surface area contributed by atoms with Gasteiger partial charge in [0.1, 0.15) is 6.33 Å². The van der Waals surface area contributed by atoms with Gasteiger partial charge >= 0.3 is 0 Å². The summed E-state index contributed by atoms with van der Waals surface area (Å²) in [5, 5.41) is 0.434. The quantitative estimate of drug-likeness (QED) is 0.687. The average molecular weight is 275 g/mol. The first-order chi connectivity index (χ1) is 8.77. The maximum atomic E-state index is 12.4. The molecule has 0 aliphatic rings. The summed E-state index contributed by atoms with van der Waals surface area (Å²) in [6.45, 7) is 0. The van der Waals surface area contributed by atoms with Gasteiger partial charge in [-0.05, 0) is 24.3 Å². The number of nitrogens with zero attached hydrogens (tertiary/aromatic N) is 3. The zero-order valence-corrected chi connectivity index (χ0v) is 10.7. The van der Waals surface area contributed by atoms with Crippen molar-refractivity contribution in [1.29, 1.82) is 0 Å². The Hall–Kier alpha value is -2.40. The molecule has 2 N–H and O–H groups in total. The Morgan fingerprint density at radius 2 is 2.00 bits per heavy atom. The van der Waals surface area contributed by atoms with E-state index in [-0.39, 0.29) is 18.0 Å². The average Bonchev–Trinajstić information content (AvgIpc) is 2.40. The lowest BCUT2D eigenvalue weighted by Crippen LogP contribution is -2.19. The van der Waals surface area contributed by atoms with Gasteiger partial charge in [0, 0.05) is 11.9 Å². The summed E-state index contributed by atoms with van der Waals surface area (Å²) in [6, 6.07) is 8.79. The topological polar surface area (TPSA) is 73.8 Å². The lowest BCUT2D eigenvalue weighted by Gasteiger charge is -2.06. The molecule has 19 heavy (non-hydrogen) atoms. The first-order valence-electron chi connectivity index (χ1n) is 5.43. The molecule has 3 rings (SSSR count). The lowest BCUT2D eigenvalue weighted by molar-refractivity contribution is 0.954. The summed E-state index contributed by atoms with van der Waals surface area (Å²) < 4.78 is 1.44. The van der Waals surface area contributed by atoms with Crippen molar-refractivity contribution in [2.45, 2.75) is 0 Å². The molecule has 2 heterocycles. The van der Waals surface area contributed by atoms with Gasteiger partial charge in [-0.1, -0.05) is 6.07 Å². The van der Waals surface area contributed by atoms with E-state index in [0.29, 0.717) is 22.3 Å². The number of nitrogen functional groups attached to an aromatic ring is 1. The maximum Gasteiger partial charge on any atom is 0.267 e. The van der Waals surface area contributed by atoms with Crippen molar-refractivity contribution in [1.82, 2.24) is 14.5 Å². The Morgan fingerprint density at radius 1 is 1.16 bits per heavy atom. The number of nitrogens with two attached hydrogens (primary N) is 1. The van der Waals surface area contributed by atoms with Crippen LogP contribution in [0.1, 0.15) is 0 Å². The summed E-state index contributed by atoms with van der Waals surface area (Å²) in [5.41, 5.74) is 7.34. The third-order valence-corrected chi connectivity index (χ3v) is 2.74. The molecule has 6 heteroatoms. The third-order valence-electron chi connectivity index (χ3n) is 2.74. The van der Waals surface area contributed by atoms with E-state index in [9.17, 15) is 4.79 Å². The Bertz CT molecular complexity index is 770. The standard InChI is InChI=1S/C13H10N4O.ClH/c14-10-4-1-5-11-12(10)13(18)17(8-16-11)9-3-2-6-15-7-9;/h1-8H,14H2;1H. The molecule has 0 radical (unpaired) electrons. The largest absolute Gasteiger partial charge is 0.398 e. The molecule has 0 spiro atoms. The number of anilines is 1. The van der Waals surface area contributed by atoms with Crippen LogP contribution in [0.4, 0.5) is 5.69 Å². The highest BCUT2D eigenvalue weighted by Crippen LogP contribution is 2.15. The van der Waals surface area contributed by atoms with Crippen LogP contribution in [0.25, 0.3) is 16.6 Å². The second-order valence-corrected chi connectivity index (χ2v) is 3.87. The van der Waals surface area contributed by atoms with Crippen LogP contribution in [-0.4, -0.2) is 14.5 Å². The van der Waals surface area contributed by atoms with Crippen LogP contribution in [0.5, 0.6) is 0 Å². The molecule has 0 saturated carbocycles. The van der Waals surface area contributed by atoms with E-state index in [2.05, 4.69) is 9.97 Å². The number of hydrogen-bond acceptors (Lipinski definition) is 4. The molecule has 0 saturated heterocycles. The van der Waals surface area contributed by atoms with Crippen molar-refractivity contribution in [3.63, 3.8) is 0 Å². The summed E-state index contributed by atoms with van der Waals surface area (Å²) in [4.78, 5) is 20.6. The number of rotatable bonds is 1. The molecular weight excluding hydrogens is 264 g/mol. The van der Waals surface area contributed by atoms with Crippen LogP contribution < -0.4 is 11.3 Å². The number of pyridine rings is 1. The second kappa shape index (κ2) is 5.07. The fraction of sp³-hybridized carbons (Fsp3) is 0. The van der Waals surface area contributed by atoms with Gasteiger partial charge < -0.3 is 5.73 Å². The van der Waals surface area contributed by atoms with Crippen LogP contribution in [0, 0.1) is 0 Å². The van der Waals surface area contributed by atoms with Crippen molar-refractivity contribution >= 4 is 29.0 Å². The second-order valence-electron chi connectivity index (χ2n) is 3.87. The van der Waals surface area contributed by atoms with Gasteiger partial charge in [-0.25, -0.2) is 4.98 Å². The van der Waals surface area contributed by atoms with Gasteiger partial charge in [-0.3, -0.25) is 14.3 Å². The molecular formula is C13H11ClN4O. The van der Waals surface area contributed by atoms with Gasteiger partial charge in [-0.15, -0.1) is 12.4 Å². The Morgan fingerprint density at radius 3 is 2.74 bits per heavy atom. The van der Waals surface area contributed by atoms with E-state index < -0.39 is 0 Å². The van der Waals surface area contributed by atoms with Crippen molar-refractivity contribution in [3.8, 4) is 5.69 Å². The van der Waals surface area contributed by atoms with Crippen LogP contribution in [-0.2, 0) is 0 Å². The highest BCUT2D eigenvalue weighted by atomic mass is 35.5. The summed E-state index contributed by atoms with van der Waals surface area (Å²) in [7, 11) is 0. The zero-order chi connectivity index (χ0) is 12.5. The molecule has 0 unspecified atom stereocenters. The van der Waals surface area contributed by atoms with Crippen molar-refractivity contribution in [2.24, 2.45) is 0 Å². The Kier molecular flexibility index (Phi) is 3.48. The van der Waals surface area contributed by atoms with Crippen molar-refractivity contribution in [2.75, 3.05) is 5.73 Å². The molecule has 5 nitrogen and oxygen atoms in total. The third kappa shape index (κ3) is 2.15. The minimum Gasteiger partial charge on any atom is -0.398 e. The molecule has 0 atom stereocenters. The van der Waals surface area contributed by atoms with Crippen LogP contribution in [0.2, 0.25) is 0 Å². The summed E-state index contributed by atoms with van der Waals surface area (Å²) >= 11 is 0. The highest BCUT2D eigenvalue weighted by Gasteiger charge is 2.07. The molecule has 0 aliphatic heterocycles. The number of hydrogen-bond donors (Lipinski definition) is 1. The molecule has 0 bridgehead atoms. The molecule has 2 aromatic heterocycles. The van der Waals surface area contributed by atoms with Gasteiger partial charge in [0.2, 0.25) is 0 Å². The fourth-order valence-corrected chi connectivity index (χ4v) is 1.87. The van der Waals surface area contributed by atoms with Gasteiger partial charge in [0.25, 0.3) is 5.56 Å². The van der Waals surface area contributed by atoms with Crippen molar-refractivity contribution in [3.05, 3.63) is 59.4 Å². The highest BCUT2D eigenvalue weighted by molar-refractivity contribution is 5.89. The normalized spacial score (nSPS) is 10.1. The van der Waals surface area contributed by atoms with E-state index in [0.717, 1.165) is 0 Å². The first kappa shape index (κ1) is 13.0. The smallest absolute Gasteiger partial charge is 0.267 e. The van der Waals surface area contributed by atoms with E-state index in [1.165, 1.54) is 10.9 Å². The molecule has 0 amide bonds. The molecule has 1 aromatic carbocycles. The van der Waals surface area contributed by atoms with E-state index >= 15 is 0 Å². The van der Waals surface area contributed by atoms with Gasteiger partial charge in [0.15, 0.2) is 0 Å². The van der Waals surface area contributed by atoms with Crippen LogP contribution in [0.3, 0.4) is 0 Å². The number of halogens is 1. The van der Waals surface area contributed by atoms with Crippen molar-refractivity contribution < 1.29 is 0 Å². The summed E-state index contributed by atoms with van der Waals surface area (Å²) in [5.74, 6) is 0. The maximum absolute atomic E-state index is 12.4. The SMILES string of the molecule is Cl.Nc1cccc2ncn(-c3cccnc3)c(=O)c12. The summed E-state index contributed by atoms with van der Waals surface area (Å²) in [6.07, 6.45) is 4.74. The van der Waals surface area contributed by atoms with Gasteiger partial charge in [0.05, 0.1) is 22.8 Å². The van der Waals surface area contributed by atoms with E-state index in [1.54, 1.807) is 42.7 Å². The molecule has 0 fully saturated rings. The molecule has 3 aromatic rings.